The van der Waals surface area contributed by atoms with E-state index in [1.54, 1.807) is 6.07 Å². The van der Waals surface area contributed by atoms with E-state index in [2.05, 4.69) is 35.7 Å². The summed E-state index contributed by atoms with van der Waals surface area (Å²) in [5.41, 5.74) is -1.24. The molecule has 0 spiro atoms. The van der Waals surface area contributed by atoms with E-state index >= 15 is 8.78 Å². The molecule has 12 nitrogen and oxygen atoms in total. The van der Waals surface area contributed by atoms with Crippen LogP contribution in [0.5, 0.6) is 0 Å². The van der Waals surface area contributed by atoms with Gasteiger partial charge in [0.2, 0.25) is 0 Å². The molecule has 21 heteroatoms. The van der Waals surface area contributed by atoms with Gasteiger partial charge in [-0.2, -0.15) is 18.3 Å². The zero-order chi connectivity index (χ0) is 34.7. The van der Waals surface area contributed by atoms with Crippen LogP contribution in [0.25, 0.3) is 5.65 Å². The van der Waals surface area contributed by atoms with Crippen LogP contribution in [0.2, 0.25) is 0 Å². The van der Waals surface area contributed by atoms with E-state index in [4.69, 9.17) is 4.74 Å². The molecular weight excluding hydrogens is 627 g/mol. The summed E-state index contributed by atoms with van der Waals surface area (Å²) >= 11 is 0. The van der Waals surface area contributed by atoms with E-state index in [-0.39, 0.29) is 48.3 Å². The monoisotopic (exact) mass is 662 g/mol. The first kappa shape index (κ1) is 34.7. The normalized spacial score (nSPS) is 20.5. The minimum Gasteiger partial charge on any atom is -0.376 e. The molecule has 1 aliphatic carbocycles. The second-order valence-electron chi connectivity index (χ2n) is 14.0. The third-order valence-corrected chi connectivity index (χ3v) is 9.22. The first-order valence-corrected chi connectivity index (χ1v) is 15.3. The minimum atomic E-state index is -4.50. The van der Waals surface area contributed by atoms with E-state index in [0.29, 0.717) is 5.56 Å². The Kier molecular flexibility index (Phi) is 8.72. The Hall–Kier alpha value is -3.63. The third kappa shape index (κ3) is 6.46. The van der Waals surface area contributed by atoms with Gasteiger partial charge in [0.05, 0.1) is 48.3 Å². The fraction of sp³-hybridized carbons (Fsp3) is 0.615. The lowest BCUT2D eigenvalue weighted by Gasteiger charge is -2.57. The molecule has 250 valence electrons. The van der Waals surface area contributed by atoms with Gasteiger partial charge in [0, 0.05) is 16.2 Å². The number of fused-ring (bicyclic) bond motifs is 1. The summed E-state index contributed by atoms with van der Waals surface area (Å²) in [4.78, 5) is 32.1. The van der Waals surface area contributed by atoms with Crippen molar-refractivity contribution in [2.45, 2.75) is 87.4 Å². The molecule has 2 N–H and O–H groups in total. The van der Waals surface area contributed by atoms with Crippen molar-refractivity contribution in [3.63, 3.8) is 0 Å². The smallest absolute Gasteiger partial charge is 0.376 e. The van der Waals surface area contributed by atoms with Crippen molar-refractivity contribution in [1.82, 2.24) is 40.4 Å². The van der Waals surface area contributed by atoms with E-state index in [9.17, 15) is 22.8 Å². The average molecular weight is 662 g/mol. The molecule has 3 aromatic rings. The molecule has 47 heavy (non-hydrogen) atoms. The molecule has 2 fully saturated rings. The number of alkyl halides is 5. The zero-order valence-corrected chi connectivity index (χ0v) is 27.2. The van der Waals surface area contributed by atoms with Crippen LogP contribution in [0.1, 0.15) is 79.1 Å². The Morgan fingerprint density at radius 1 is 1.21 bits per heavy atom. The number of carbonyl (C=O) groups is 2. The van der Waals surface area contributed by atoms with Gasteiger partial charge in [-0.3, -0.25) is 4.79 Å². The van der Waals surface area contributed by atoms with Gasteiger partial charge in [0.25, 0.3) is 11.8 Å². The number of nitrogens with zero attached hydrogens (tertiary/aromatic N) is 6. The number of amides is 3. The SMILES string of the molecule is BC1(B)NC(=O)N([C@H](COC2CC2)c2cnn3cc([C@H](CCC(C)(C)C(F)(F)F)NC(=O)c4nonc4C)nc3c2)C(B)(B)C1(F)F. The maximum absolute atomic E-state index is 15.8. The Morgan fingerprint density at radius 2 is 1.89 bits per heavy atom. The maximum atomic E-state index is 15.8. The summed E-state index contributed by atoms with van der Waals surface area (Å²) in [5, 5.41) is 12.9. The molecule has 4 heterocycles. The Bertz CT molecular complexity index is 1660. The number of imidazole rings is 1. The predicted molar refractivity (Wildman–Crippen MR) is 168 cm³/mol. The molecular formula is C26H35B4F5N8O4. The van der Waals surface area contributed by atoms with Gasteiger partial charge < -0.3 is 20.3 Å². The maximum Gasteiger partial charge on any atom is 0.393 e. The first-order chi connectivity index (χ1) is 21.7. The summed E-state index contributed by atoms with van der Waals surface area (Å²) in [7, 11) is 5.15. The van der Waals surface area contributed by atoms with Crippen LogP contribution >= 0.6 is 0 Å². The molecule has 0 unspecified atom stereocenters. The number of aryl methyl sites for hydroxylation is 1. The summed E-state index contributed by atoms with van der Waals surface area (Å²) in [6, 6.07) is -1.14. The molecule has 2 aliphatic rings. The Morgan fingerprint density at radius 3 is 2.49 bits per heavy atom. The highest BCUT2D eigenvalue weighted by Crippen LogP contribution is 2.44. The second kappa shape index (κ2) is 11.8. The van der Waals surface area contributed by atoms with E-state index < -0.39 is 52.2 Å². The van der Waals surface area contributed by atoms with Crippen molar-refractivity contribution in [2.24, 2.45) is 5.41 Å². The average Bonchev–Trinajstić information content (AvgIpc) is 3.52. The van der Waals surface area contributed by atoms with Crippen molar-refractivity contribution in [3.8, 4) is 0 Å². The van der Waals surface area contributed by atoms with Crippen molar-refractivity contribution >= 4 is 49.0 Å². The summed E-state index contributed by atoms with van der Waals surface area (Å²) in [5.74, 6) is -4.08. The molecule has 0 bridgehead atoms. The van der Waals surface area contributed by atoms with Crippen molar-refractivity contribution in [1.29, 1.82) is 0 Å². The third-order valence-electron chi connectivity index (χ3n) is 9.22. The van der Waals surface area contributed by atoms with E-state index in [1.165, 1.54) is 55.2 Å². The number of nitrogens with one attached hydrogen (secondary N) is 2. The van der Waals surface area contributed by atoms with Crippen LogP contribution in [0.3, 0.4) is 0 Å². The second-order valence-corrected chi connectivity index (χ2v) is 14.0. The highest BCUT2D eigenvalue weighted by Gasteiger charge is 2.65. The number of urea groups is 1. The van der Waals surface area contributed by atoms with Crippen LogP contribution in [0.4, 0.5) is 26.7 Å². The molecule has 5 rings (SSSR count). The fourth-order valence-corrected chi connectivity index (χ4v) is 5.75. The Labute approximate surface area is 270 Å². The molecule has 1 saturated heterocycles. The van der Waals surface area contributed by atoms with E-state index in [0.717, 1.165) is 31.6 Å². The summed E-state index contributed by atoms with van der Waals surface area (Å²) < 4.78 is 84.7. The topological polar surface area (TPSA) is 140 Å². The van der Waals surface area contributed by atoms with Gasteiger partial charge in [0.15, 0.2) is 11.3 Å². The summed E-state index contributed by atoms with van der Waals surface area (Å²) in [6.07, 6.45) is -0.550. The summed E-state index contributed by atoms with van der Waals surface area (Å²) in [6.45, 7) is 3.55. The molecule has 3 amide bonds. The number of aromatic nitrogens is 5. The van der Waals surface area contributed by atoms with E-state index in [1.807, 2.05) is 0 Å². The lowest BCUT2D eigenvalue weighted by atomic mass is 9.43. The molecule has 1 aliphatic heterocycles. The number of rotatable bonds is 11. The number of ether oxygens (including phenoxy) is 1. The molecule has 1 saturated carbocycles. The van der Waals surface area contributed by atoms with Gasteiger partial charge in [-0.25, -0.2) is 27.7 Å². The minimum absolute atomic E-state index is 0.0472. The Balaban J connectivity index is 1.51. The van der Waals surface area contributed by atoms with Crippen LogP contribution < -0.4 is 10.6 Å². The molecule has 2 atom stereocenters. The standard InChI is InChI=1S/C26H35B4F5N8O4/c1-12-19(41-47-40-12)20(44)38-15(6-7-22(2,3)26(33,34)35)16-10-42-18(37-16)8-13(9-36-42)17(11-46-14-4-5-14)43-21(45)39-24(27,28)23(31,32)25(43,29)30/h8-10,14-15,17H,4-7,11,27-30H2,1-3H3,(H,38,44)(H,39,45)/t15-,17+/m0/s1. The van der Waals surface area contributed by atoms with Crippen molar-refractivity contribution in [3.05, 3.63) is 41.1 Å². The number of hydrogen-bond acceptors (Lipinski definition) is 8. The zero-order valence-electron chi connectivity index (χ0n) is 27.2. The van der Waals surface area contributed by atoms with Gasteiger partial charge >= 0.3 is 12.2 Å². The van der Waals surface area contributed by atoms with Crippen LogP contribution in [0, 0.1) is 12.3 Å². The quantitative estimate of drug-likeness (QED) is 0.216. The first-order valence-electron chi connectivity index (χ1n) is 15.3. The van der Waals surface area contributed by atoms with Gasteiger partial charge in [-0.15, -0.1) is 0 Å². The lowest BCUT2D eigenvalue weighted by molar-refractivity contribution is -0.214. The van der Waals surface area contributed by atoms with Crippen LogP contribution in [-0.4, -0.2) is 109 Å². The van der Waals surface area contributed by atoms with Crippen LogP contribution in [0.15, 0.2) is 23.1 Å². The van der Waals surface area contributed by atoms with Gasteiger partial charge in [0.1, 0.15) is 37.1 Å². The van der Waals surface area contributed by atoms with Gasteiger partial charge in [-0.1, -0.05) is 19.0 Å². The number of carbonyl (C=O) groups excluding carboxylic acids is 2. The number of hydrogen-bond donors (Lipinski definition) is 2. The molecule has 0 aromatic carbocycles. The van der Waals surface area contributed by atoms with Crippen LogP contribution in [-0.2, 0) is 4.74 Å². The number of halogens is 5. The largest absolute Gasteiger partial charge is 0.393 e. The highest BCUT2D eigenvalue weighted by atomic mass is 19.4. The van der Waals surface area contributed by atoms with Gasteiger partial charge in [-0.05, 0) is 43.8 Å². The van der Waals surface area contributed by atoms with Crippen molar-refractivity contribution in [2.75, 3.05) is 6.61 Å². The van der Waals surface area contributed by atoms with Crippen molar-refractivity contribution < 1.29 is 40.9 Å². The molecule has 3 aromatic heterocycles. The molecule has 0 radical (unpaired) electrons. The highest BCUT2D eigenvalue weighted by molar-refractivity contribution is 6.48. The lowest BCUT2D eigenvalue weighted by Crippen LogP contribution is -2.83. The predicted octanol–water partition coefficient (Wildman–Crippen LogP) is -0.0189. The fourth-order valence-electron chi connectivity index (χ4n) is 5.75.